The van der Waals surface area contributed by atoms with Gasteiger partial charge in [0.05, 0.1) is 11.1 Å². The number of rotatable bonds is 10. The Bertz CT molecular complexity index is 896. The molecule has 0 bridgehead atoms. The lowest BCUT2D eigenvalue weighted by Gasteiger charge is -2.28. The highest BCUT2D eigenvalue weighted by Crippen LogP contribution is 2.35. The van der Waals surface area contributed by atoms with Crippen LogP contribution in [0, 0.1) is 29.0 Å². The second-order valence-electron chi connectivity index (χ2n) is 8.99. The maximum Gasteiger partial charge on any atom is 0.426 e. The van der Waals surface area contributed by atoms with Crippen molar-refractivity contribution < 1.29 is 17.9 Å². The van der Waals surface area contributed by atoms with Gasteiger partial charge < -0.3 is 4.74 Å². The molecule has 1 fully saturated rings. The van der Waals surface area contributed by atoms with E-state index in [4.69, 9.17) is 10.00 Å². The number of ether oxygens (including phenoxy) is 1. The van der Waals surface area contributed by atoms with E-state index in [9.17, 15) is 13.2 Å². The van der Waals surface area contributed by atoms with Crippen LogP contribution in [-0.2, 0) is 12.5 Å². The summed E-state index contributed by atoms with van der Waals surface area (Å²) in [5, 5.41) is 8.74. The molecule has 3 rings (SSSR count). The van der Waals surface area contributed by atoms with E-state index in [1.54, 1.807) is 6.07 Å². The third-order valence-corrected chi connectivity index (χ3v) is 6.62. The summed E-state index contributed by atoms with van der Waals surface area (Å²) in [6.07, 6.45) is 9.01. The summed E-state index contributed by atoms with van der Waals surface area (Å²) in [6.45, 7) is 2.25. The molecule has 0 heterocycles. The topological polar surface area (TPSA) is 33.0 Å². The highest BCUT2D eigenvalue weighted by Gasteiger charge is 2.35. The van der Waals surface area contributed by atoms with Gasteiger partial charge in [0.1, 0.15) is 17.6 Å². The van der Waals surface area contributed by atoms with Crippen LogP contribution in [0.25, 0.3) is 0 Å². The van der Waals surface area contributed by atoms with Gasteiger partial charge in [-0.2, -0.15) is 14.0 Å². The van der Waals surface area contributed by atoms with Crippen LogP contribution in [0.2, 0.25) is 0 Å². The Kier molecular flexibility index (Phi) is 8.61. The zero-order valence-corrected chi connectivity index (χ0v) is 18.8. The molecule has 0 atom stereocenters. The van der Waals surface area contributed by atoms with E-state index < -0.39 is 17.5 Å². The van der Waals surface area contributed by atoms with Crippen molar-refractivity contribution in [3.63, 3.8) is 0 Å². The van der Waals surface area contributed by atoms with Gasteiger partial charge in [-0.15, -0.1) is 0 Å². The fourth-order valence-electron chi connectivity index (χ4n) is 4.58. The third-order valence-electron chi connectivity index (χ3n) is 6.62. The predicted molar refractivity (Wildman–Crippen MR) is 120 cm³/mol. The summed E-state index contributed by atoms with van der Waals surface area (Å²) in [6, 6.07) is 11.0. The molecule has 0 saturated heterocycles. The van der Waals surface area contributed by atoms with Gasteiger partial charge >= 0.3 is 6.11 Å². The minimum atomic E-state index is -3.69. The Morgan fingerprint density at radius 2 is 1.62 bits per heavy atom. The minimum Gasteiger partial charge on any atom is -0.429 e. The van der Waals surface area contributed by atoms with E-state index in [0.717, 1.165) is 42.4 Å². The van der Waals surface area contributed by atoms with Crippen molar-refractivity contribution >= 4 is 0 Å². The summed E-state index contributed by atoms with van der Waals surface area (Å²) in [7, 11) is 0. The van der Waals surface area contributed by atoms with Gasteiger partial charge in [0.2, 0.25) is 0 Å². The van der Waals surface area contributed by atoms with Gasteiger partial charge in [0.15, 0.2) is 0 Å². The molecule has 172 valence electrons. The second-order valence-corrected chi connectivity index (χ2v) is 8.99. The molecule has 2 aromatic rings. The highest BCUT2D eigenvalue weighted by atomic mass is 19.3. The van der Waals surface area contributed by atoms with Crippen molar-refractivity contribution in [2.75, 3.05) is 0 Å². The molecule has 1 aliphatic rings. The molecular formula is C27H32F3NO. The van der Waals surface area contributed by atoms with Gasteiger partial charge in [0.25, 0.3) is 0 Å². The summed E-state index contributed by atoms with van der Waals surface area (Å²) in [5.74, 6) is 0.694. The van der Waals surface area contributed by atoms with Crippen LogP contribution in [0.15, 0.2) is 42.5 Å². The molecule has 2 aromatic carbocycles. The van der Waals surface area contributed by atoms with Crippen LogP contribution in [0.4, 0.5) is 13.2 Å². The molecule has 2 nitrogen and oxygen atoms in total. The molecule has 0 unspecified atom stereocenters. The van der Waals surface area contributed by atoms with E-state index in [0.29, 0.717) is 6.07 Å². The fourth-order valence-corrected chi connectivity index (χ4v) is 4.58. The molecule has 0 radical (unpaired) electrons. The molecular weight excluding hydrogens is 411 g/mol. The summed E-state index contributed by atoms with van der Waals surface area (Å²) < 4.78 is 47.3. The molecule has 0 N–H and O–H groups in total. The quantitative estimate of drug-likeness (QED) is 0.347. The lowest BCUT2D eigenvalue weighted by atomic mass is 9.78. The first-order valence-electron chi connectivity index (χ1n) is 11.8. The minimum absolute atomic E-state index is 0.0242. The van der Waals surface area contributed by atoms with Crippen LogP contribution in [-0.4, -0.2) is 0 Å². The average Bonchev–Trinajstić information content (AvgIpc) is 2.79. The normalized spacial score (nSPS) is 18.8. The number of benzene rings is 2. The number of halogens is 3. The number of unbranched alkanes of at least 4 members (excludes halogenated alkanes) is 2. The monoisotopic (exact) mass is 443 g/mol. The van der Waals surface area contributed by atoms with Gasteiger partial charge in [-0.1, -0.05) is 70.4 Å². The van der Waals surface area contributed by atoms with E-state index in [2.05, 4.69) is 6.92 Å². The number of alkyl halides is 2. The Morgan fingerprint density at radius 3 is 2.22 bits per heavy atom. The molecule has 5 heteroatoms. The number of aryl methyl sites for hydroxylation is 1. The van der Waals surface area contributed by atoms with Crippen LogP contribution in [0.1, 0.15) is 81.4 Å². The first-order chi connectivity index (χ1) is 15.4. The van der Waals surface area contributed by atoms with Crippen molar-refractivity contribution in [1.29, 1.82) is 5.26 Å². The lowest BCUT2D eigenvalue weighted by molar-refractivity contribution is -0.185. The molecule has 1 saturated carbocycles. The average molecular weight is 444 g/mol. The highest BCUT2D eigenvalue weighted by molar-refractivity contribution is 5.35. The number of hydrogen-bond donors (Lipinski definition) is 0. The first-order valence-corrected chi connectivity index (χ1v) is 11.8. The van der Waals surface area contributed by atoms with Crippen molar-refractivity contribution in [3.05, 3.63) is 65.0 Å². The lowest BCUT2D eigenvalue weighted by Crippen LogP contribution is -2.22. The maximum atomic E-state index is 14.4. The summed E-state index contributed by atoms with van der Waals surface area (Å²) in [5.41, 5.74) is 0.206. The molecule has 0 aliphatic heterocycles. The van der Waals surface area contributed by atoms with Crippen molar-refractivity contribution in [3.8, 4) is 11.8 Å². The Labute approximate surface area is 189 Å². The largest absolute Gasteiger partial charge is 0.429 e. The van der Waals surface area contributed by atoms with Crippen LogP contribution < -0.4 is 4.74 Å². The number of nitrogens with zero attached hydrogens (tertiary/aromatic N) is 1. The van der Waals surface area contributed by atoms with Crippen molar-refractivity contribution in [2.24, 2.45) is 11.8 Å². The maximum absolute atomic E-state index is 14.4. The SMILES string of the molecule is CCCCCC1CCC(CCc2ccc(OC(F)(F)c3ccc(C#N)c(F)c3)cc2)CC1. The van der Waals surface area contributed by atoms with Crippen molar-refractivity contribution in [2.45, 2.75) is 77.2 Å². The van der Waals surface area contributed by atoms with Gasteiger partial charge in [-0.25, -0.2) is 4.39 Å². The standard InChI is InChI=1S/C27H32F3NO/c1-2-3-4-5-20-6-8-21(9-7-20)10-11-22-12-16-25(17-13-22)32-27(29,30)24-15-14-23(19-31)26(28)18-24/h12-18,20-21H,2-11H2,1H3. The Balaban J connectivity index is 1.47. The molecule has 1 aliphatic carbocycles. The van der Waals surface area contributed by atoms with E-state index in [1.807, 2.05) is 12.1 Å². The predicted octanol–water partition coefficient (Wildman–Crippen LogP) is 8.14. The third kappa shape index (κ3) is 6.76. The smallest absolute Gasteiger partial charge is 0.426 e. The molecule has 0 amide bonds. The van der Waals surface area contributed by atoms with E-state index in [-0.39, 0.29) is 11.3 Å². The van der Waals surface area contributed by atoms with Gasteiger partial charge in [0, 0.05) is 0 Å². The molecule has 0 aromatic heterocycles. The molecule has 0 spiro atoms. The van der Waals surface area contributed by atoms with Crippen LogP contribution in [0.3, 0.4) is 0 Å². The first kappa shape index (κ1) is 24.2. The second kappa shape index (κ2) is 11.4. The fraction of sp³-hybridized carbons (Fsp3) is 0.519. The summed E-state index contributed by atoms with van der Waals surface area (Å²) in [4.78, 5) is 0. The number of nitriles is 1. The van der Waals surface area contributed by atoms with Gasteiger partial charge in [-0.05, 0) is 60.6 Å². The van der Waals surface area contributed by atoms with E-state index >= 15 is 0 Å². The van der Waals surface area contributed by atoms with Crippen LogP contribution in [0.5, 0.6) is 5.75 Å². The number of hydrogen-bond acceptors (Lipinski definition) is 2. The van der Waals surface area contributed by atoms with Crippen molar-refractivity contribution in [1.82, 2.24) is 0 Å². The van der Waals surface area contributed by atoms with Crippen LogP contribution >= 0.6 is 0 Å². The van der Waals surface area contributed by atoms with E-state index in [1.165, 1.54) is 63.5 Å². The molecule has 32 heavy (non-hydrogen) atoms. The zero-order valence-electron chi connectivity index (χ0n) is 18.8. The Morgan fingerprint density at radius 1 is 0.969 bits per heavy atom. The summed E-state index contributed by atoms with van der Waals surface area (Å²) >= 11 is 0. The Hall–Kier alpha value is -2.48. The van der Waals surface area contributed by atoms with Gasteiger partial charge in [-0.3, -0.25) is 0 Å². The zero-order chi connectivity index (χ0) is 23.0.